The third-order valence-electron chi connectivity index (χ3n) is 2.39. The Balaban J connectivity index is 2.62. The Hall–Kier alpha value is -2.63. The zero-order valence-corrected chi connectivity index (χ0v) is 12.0. The van der Waals surface area contributed by atoms with Crippen LogP contribution >= 0.6 is 0 Å². The summed E-state index contributed by atoms with van der Waals surface area (Å²) in [5.74, 6) is -1.14. The van der Waals surface area contributed by atoms with E-state index in [0.717, 1.165) is 12.2 Å². The van der Waals surface area contributed by atoms with E-state index in [1.807, 2.05) is 0 Å². The molecule has 21 heavy (non-hydrogen) atoms. The first-order chi connectivity index (χ1) is 10.0. The topological polar surface area (TPSA) is 84.5 Å². The summed E-state index contributed by atoms with van der Waals surface area (Å²) in [6.07, 6.45) is 2.52. The summed E-state index contributed by atoms with van der Waals surface area (Å²) in [4.78, 5) is 34.0. The predicted molar refractivity (Wildman–Crippen MR) is 79.8 cm³/mol. The van der Waals surface area contributed by atoms with Crippen molar-refractivity contribution >= 4 is 29.2 Å². The maximum atomic E-state index is 11.6. The van der Waals surface area contributed by atoms with Crippen LogP contribution in [0.3, 0.4) is 0 Å². The molecule has 6 heteroatoms. The fraction of sp³-hybridized carbons (Fsp3) is 0.267. The van der Waals surface area contributed by atoms with Gasteiger partial charge in [-0.25, -0.2) is 4.79 Å². The largest absolute Gasteiger partial charge is 0.463 e. The molecule has 0 heterocycles. The van der Waals surface area contributed by atoms with Gasteiger partial charge >= 0.3 is 5.97 Å². The van der Waals surface area contributed by atoms with Gasteiger partial charge in [0.2, 0.25) is 11.8 Å². The van der Waals surface area contributed by atoms with E-state index in [-0.39, 0.29) is 12.5 Å². The number of amides is 2. The Morgan fingerprint density at radius 2 is 1.76 bits per heavy atom. The zero-order chi connectivity index (χ0) is 15.7. The van der Waals surface area contributed by atoms with Gasteiger partial charge in [-0.15, -0.1) is 0 Å². The molecule has 1 aromatic carbocycles. The number of rotatable bonds is 6. The van der Waals surface area contributed by atoms with Gasteiger partial charge in [-0.3, -0.25) is 9.59 Å². The molecular weight excluding hydrogens is 272 g/mol. The molecule has 0 radical (unpaired) electrons. The quantitative estimate of drug-likeness (QED) is 0.620. The summed E-state index contributed by atoms with van der Waals surface area (Å²) in [6.45, 7) is 3.69. The van der Waals surface area contributed by atoms with Crippen LogP contribution in [0.4, 0.5) is 11.4 Å². The van der Waals surface area contributed by atoms with E-state index < -0.39 is 11.9 Å². The lowest BCUT2D eigenvalue weighted by Gasteiger charge is -2.06. The minimum Gasteiger partial charge on any atom is -0.463 e. The van der Waals surface area contributed by atoms with Crippen molar-refractivity contribution in [1.82, 2.24) is 0 Å². The van der Waals surface area contributed by atoms with Gasteiger partial charge in [-0.05, 0) is 25.1 Å². The minimum absolute atomic E-state index is 0.110. The SMILES string of the molecule is CCOC(=O)/C=C/C(=O)Nc1cccc(NC(=O)CC)c1. The van der Waals surface area contributed by atoms with Crippen LogP contribution in [0.15, 0.2) is 36.4 Å². The molecule has 6 nitrogen and oxygen atoms in total. The Morgan fingerprint density at radius 3 is 2.38 bits per heavy atom. The zero-order valence-electron chi connectivity index (χ0n) is 12.0. The standard InChI is InChI=1S/C15H18N2O4/c1-3-13(18)16-11-6-5-7-12(10-11)17-14(19)8-9-15(20)21-4-2/h5-10H,3-4H2,1-2H3,(H,16,18)(H,17,19)/b9-8+. The smallest absolute Gasteiger partial charge is 0.330 e. The van der Waals surface area contributed by atoms with E-state index in [4.69, 9.17) is 0 Å². The third kappa shape index (κ3) is 6.38. The van der Waals surface area contributed by atoms with Crippen LogP contribution in [-0.2, 0) is 19.1 Å². The monoisotopic (exact) mass is 290 g/mol. The van der Waals surface area contributed by atoms with E-state index in [1.54, 1.807) is 38.1 Å². The van der Waals surface area contributed by atoms with Crippen molar-refractivity contribution in [3.05, 3.63) is 36.4 Å². The van der Waals surface area contributed by atoms with Crippen molar-refractivity contribution < 1.29 is 19.1 Å². The van der Waals surface area contributed by atoms with Gasteiger partial charge in [0.05, 0.1) is 6.61 Å². The highest BCUT2D eigenvalue weighted by Crippen LogP contribution is 2.15. The molecule has 0 aromatic heterocycles. The van der Waals surface area contributed by atoms with Crippen LogP contribution in [-0.4, -0.2) is 24.4 Å². The van der Waals surface area contributed by atoms with Crippen LogP contribution in [0.1, 0.15) is 20.3 Å². The number of ether oxygens (including phenoxy) is 1. The number of anilines is 2. The van der Waals surface area contributed by atoms with Crippen LogP contribution in [0.25, 0.3) is 0 Å². The van der Waals surface area contributed by atoms with Crippen molar-refractivity contribution in [3.63, 3.8) is 0 Å². The molecule has 1 rings (SSSR count). The van der Waals surface area contributed by atoms with Crippen LogP contribution in [0.2, 0.25) is 0 Å². The summed E-state index contributed by atoms with van der Waals surface area (Å²) in [5.41, 5.74) is 1.11. The van der Waals surface area contributed by atoms with E-state index in [1.165, 1.54) is 0 Å². The molecule has 0 aliphatic rings. The van der Waals surface area contributed by atoms with Crippen molar-refractivity contribution in [2.24, 2.45) is 0 Å². The molecule has 0 saturated heterocycles. The molecule has 1 aromatic rings. The van der Waals surface area contributed by atoms with Crippen molar-refractivity contribution in [2.45, 2.75) is 20.3 Å². The third-order valence-corrected chi connectivity index (χ3v) is 2.39. The van der Waals surface area contributed by atoms with Crippen molar-refractivity contribution in [2.75, 3.05) is 17.2 Å². The number of carbonyl (C=O) groups excluding carboxylic acids is 3. The highest BCUT2D eigenvalue weighted by molar-refractivity contribution is 6.03. The molecule has 0 bridgehead atoms. The van der Waals surface area contributed by atoms with Gasteiger partial charge in [0.25, 0.3) is 0 Å². The second kappa shape index (κ2) is 8.52. The molecule has 0 fully saturated rings. The van der Waals surface area contributed by atoms with E-state index in [0.29, 0.717) is 17.8 Å². The molecular formula is C15H18N2O4. The number of carbonyl (C=O) groups is 3. The highest BCUT2D eigenvalue weighted by atomic mass is 16.5. The molecule has 112 valence electrons. The first kappa shape index (κ1) is 16.4. The average Bonchev–Trinajstić information content (AvgIpc) is 2.45. The second-order valence-corrected chi connectivity index (χ2v) is 4.06. The molecule has 0 spiro atoms. The summed E-state index contributed by atoms with van der Waals surface area (Å²) in [5, 5.41) is 5.28. The summed E-state index contributed by atoms with van der Waals surface area (Å²) in [7, 11) is 0. The number of benzene rings is 1. The maximum Gasteiger partial charge on any atom is 0.330 e. The summed E-state index contributed by atoms with van der Waals surface area (Å²) >= 11 is 0. The van der Waals surface area contributed by atoms with Crippen molar-refractivity contribution in [1.29, 1.82) is 0 Å². The van der Waals surface area contributed by atoms with Crippen LogP contribution in [0.5, 0.6) is 0 Å². The molecule has 0 aliphatic heterocycles. The van der Waals surface area contributed by atoms with E-state index in [2.05, 4.69) is 15.4 Å². The highest BCUT2D eigenvalue weighted by Gasteiger charge is 2.03. The van der Waals surface area contributed by atoms with Crippen LogP contribution < -0.4 is 10.6 Å². The van der Waals surface area contributed by atoms with E-state index >= 15 is 0 Å². The Bertz CT molecular complexity index is 552. The normalized spacial score (nSPS) is 10.2. The first-order valence-electron chi connectivity index (χ1n) is 6.60. The first-order valence-corrected chi connectivity index (χ1v) is 6.60. The molecule has 0 atom stereocenters. The summed E-state index contributed by atoms with van der Waals surface area (Å²) in [6, 6.07) is 6.73. The average molecular weight is 290 g/mol. The van der Waals surface area contributed by atoms with Crippen LogP contribution in [0, 0.1) is 0 Å². The predicted octanol–water partition coefficient (Wildman–Crippen LogP) is 2.09. The molecule has 2 N–H and O–H groups in total. The molecule has 0 aliphatic carbocycles. The maximum absolute atomic E-state index is 11.6. The van der Waals surface area contributed by atoms with E-state index in [9.17, 15) is 14.4 Å². The van der Waals surface area contributed by atoms with Gasteiger partial charge in [-0.2, -0.15) is 0 Å². The Labute approximate surface area is 123 Å². The number of nitrogens with one attached hydrogen (secondary N) is 2. The summed E-state index contributed by atoms with van der Waals surface area (Å²) < 4.78 is 4.66. The number of hydrogen-bond acceptors (Lipinski definition) is 4. The molecule has 2 amide bonds. The van der Waals surface area contributed by atoms with Gasteiger partial charge in [-0.1, -0.05) is 13.0 Å². The van der Waals surface area contributed by atoms with Crippen molar-refractivity contribution in [3.8, 4) is 0 Å². The molecule has 0 unspecified atom stereocenters. The second-order valence-electron chi connectivity index (χ2n) is 4.06. The Kier molecular flexibility index (Phi) is 6.67. The number of esters is 1. The fourth-order valence-electron chi connectivity index (χ4n) is 1.44. The van der Waals surface area contributed by atoms with Gasteiger partial charge in [0.1, 0.15) is 0 Å². The Morgan fingerprint density at radius 1 is 1.10 bits per heavy atom. The van der Waals surface area contributed by atoms with Gasteiger partial charge in [0, 0.05) is 29.9 Å². The fourth-order valence-corrected chi connectivity index (χ4v) is 1.44. The lowest BCUT2D eigenvalue weighted by atomic mass is 10.2. The lowest BCUT2D eigenvalue weighted by molar-refractivity contribution is -0.137. The minimum atomic E-state index is -0.573. The van der Waals surface area contributed by atoms with Gasteiger partial charge < -0.3 is 15.4 Å². The number of hydrogen-bond donors (Lipinski definition) is 2. The van der Waals surface area contributed by atoms with Gasteiger partial charge in [0.15, 0.2) is 0 Å². The molecule has 0 saturated carbocycles. The lowest BCUT2D eigenvalue weighted by Crippen LogP contribution is -2.11.